The molecule has 0 saturated carbocycles. The summed E-state index contributed by atoms with van der Waals surface area (Å²) in [5.41, 5.74) is -2.40. The van der Waals surface area contributed by atoms with Crippen LogP contribution in [0.15, 0.2) is 6.07 Å². The second-order valence-corrected chi connectivity index (χ2v) is 8.03. The van der Waals surface area contributed by atoms with Gasteiger partial charge in [-0.15, -0.1) is 0 Å². The molecule has 0 atom stereocenters. The van der Waals surface area contributed by atoms with Crippen LogP contribution in [0.3, 0.4) is 0 Å². The molecule has 1 aliphatic rings. The Morgan fingerprint density at radius 2 is 1.33 bits per heavy atom. The van der Waals surface area contributed by atoms with Crippen molar-refractivity contribution in [1.82, 2.24) is 19.9 Å². The summed E-state index contributed by atoms with van der Waals surface area (Å²) in [6, 6.07) is 3.43. The highest BCUT2D eigenvalue weighted by molar-refractivity contribution is 5.59. The van der Waals surface area contributed by atoms with Crippen LogP contribution in [-0.2, 0) is 10.2 Å². The van der Waals surface area contributed by atoms with Crippen molar-refractivity contribution in [3.05, 3.63) is 58.1 Å². The Bertz CT molecular complexity index is 1310. The molecular weight excluding hydrogens is 492 g/mol. The maximum Gasteiger partial charge on any atom is 0.251 e. The Balaban J connectivity index is 1.83. The third-order valence-electron chi connectivity index (χ3n) is 5.77. The molecule has 14 heteroatoms. The van der Waals surface area contributed by atoms with E-state index in [1.54, 1.807) is 0 Å². The summed E-state index contributed by atoms with van der Waals surface area (Å²) in [5, 5.41) is 14.6. The van der Waals surface area contributed by atoms with E-state index in [9.17, 15) is 31.6 Å². The van der Waals surface area contributed by atoms with Gasteiger partial charge in [0.1, 0.15) is 11.2 Å². The summed E-state index contributed by atoms with van der Waals surface area (Å²) in [7, 11) is 0. The van der Waals surface area contributed by atoms with Crippen LogP contribution < -0.4 is 10.6 Å². The van der Waals surface area contributed by atoms with E-state index < -0.39 is 69.3 Å². The Hall–Kier alpha value is -3.99. The second-order valence-electron chi connectivity index (χ2n) is 8.03. The smallest absolute Gasteiger partial charge is 0.251 e. The van der Waals surface area contributed by atoms with Crippen molar-refractivity contribution in [3.63, 3.8) is 0 Å². The van der Waals surface area contributed by atoms with E-state index in [4.69, 9.17) is 4.74 Å². The highest BCUT2D eigenvalue weighted by atomic mass is 19.2. The number of rotatable bonds is 5. The van der Waals surface area contributed by atoms with Crippen LogP contribution in [0.1, 0.15) is 29.7 Å². The Morgan fingerprint density at radius 1 is 0.806 bits per heavy atom. The van der Waals surface area contributed by atoms with Crippen LogP contribution in [-0.4, -0.2) is 33.1 Å². The summed E-state index contributed by atoms with van der Waals surface area (Å²) in [5.74, 6) is -10.6. The van der Waals surface area contributed by atoms with Gasteiger partial charge in [0.15, 0.2) is 34.9 Å². The van der Waals surface area contributed by atoms with E-state index in [1.807, 2.05) is 0 Å². The zero-order valence-corrected chi connectivity index (χ0v) is 18.8. The summed E-state index contributed by atoms with van der Waals surface area (Å²) >= 11 is 0. The first-order valence-corrected chi connectivity index (χ1v) is 10.5. The molecule has 0 spiro atoms. The molecule has 3 aromatic rings. The molecule has 4 heterocycles. The first kappa shape index (κ1) is 25.1. The minimum atomic E-state index is -1.58. The average Bonchev–Trinajstić information content (AvgIpc) is 2.88. The maximum absolute atomic E-state index is 14.6. The number of nitrogens with zero attached hydrogens (tertiary/aromatic N) is 5. The molecule has 1 aliphatic heterocycles. The minimum Gasteiger partial charge on any atom is -0.381 e. The van der Waals surface area contributed by atoms with Gasteiger partial charge in [-0.05, 0) is 26.7 Å². The zero-order chi connectivity index (χ0) is 26.2. The molecule has 0 aromatic carbocycles. The summed E-state index contributed by atoms with van der Waals surface area (Å²) in [6.07, 6.45) is 0.431. The largest absolute Gasteiger partial charge is 0.381 e. The molecule has 188 valence electrons. The molecular formula is C22H17F6N7O. The lowest BCUT2D eigenvalue weighted by Gasteiger charge is -2.30. The lowest BCUT2D eigenvalue weighted by Crippen LogP contribution is -2.33. The van der Waals surface area contributed by atoms with E-state index in [0.29, 0.717) is 0 Å². The van der Waals surface area contributed by atoms with Gasteiger partial charge in [-0.2, -0.15) is 29.0 Å². The number of nitrogens with one attached hydrogen (secondary N) is 2. The van der Waals surface area contributed by atoms with Crippen molar-refractivity contribution >= 4 is 23.4 Å². The topological polar surface area (TPSA) is 109 Å². The first-order valence-electron chi connectivity index (χ1n) is 10.5. The van der Waals surface area contributed by atoms with Crippen molar-refractivity contribution in [3.8, 4) is 6.07 Å². The van der Waals surface area contributed by atoms with E-state index >= 15 is 0 Å². The third-order valence-corrected chi connectivity index (χ3v) is 5.77. The van der Waals surface area contributed by atoms with Gasteiger partial charge in [-0.3, -0.25) is 0 Å². The average molecular weight is 509 g/mol. The van der Waals surface area contributed by atoms with E-state index in [-0.39, 0.29) is 37.6 Å². The van der Waals surface area contributed by atoms with Crippen LogP contribution in [0.2, 0.25) is 0 Å². The van der Waals surface area contributed by atoms with Gasteiger partial charge in [0, 0.05) is 30.4 Å². The van der Waals surface area contributed by atoms with Crippen LogP contribution in [0.25, 0.3) is 0 Å². The monoisotopic (exact) mass is 509 g/mol. The molecule has 0 aliphatic carbocycles. The molecule has 2 N–H and O–H groups in total. The number of pyridine rings is 2. The standard InChI is InChI=1S/C22H17F6N7O/c1-9-13(23)17(27)33-19(15(9)25)31-12-7-11(22(8-29)3-5-36-6-4-22)30-21(32-12)35-20-16(26)10(2)14(24)18(28)34-20/h7H,3-6H2,1-2H3,(H2,30,31,32,33,34,35). The van der Waals surface area contributed by atoms with Gasteiger partial charge >= 0.3 is 0 Å². The summed E-state index contributed by atoms with van der Waals surface area (Å²) in [4.78, 5) is 14.6. The molecule has 36 heavy (non-hydrogen) atoms. The van der Waals surface area contributed by atoms with Gasteiger partial charge in [0.05, 0.1) is 11.8 Å². The van der Waals surface area contributed by atoms with E-state index in [0.717, 1.165) is 13.8 Å². The van der Waals surface area contributed by atoms with Gasteiger partial charge in [-0.25, -0.2) is 22.5 Å². The number of hydrogen-bond donors (Lipinski definition) is 2. The third kappa shape index (κ3) is 4.49. The minimum absolute atomic E-state index is 0.0905. The lowest BCUT2D eigenvalue weighted by atomic mass is 9.78. The van der Waals surface area contributed by atoms with Crippen LogP contribution >= 0.6 is 0 Å². The highest BCUT2D eigenvalue weighted by Gasteiger charge is 2.37. The molecule has 3 aromatic heterocycles. The van der Waals surface area contributed by atoms with Crippen molar-refractivity contribution in [2.45, 2.75) is 32.1 Å². The zero-order valence-electron chi connectivity index (χ0n) is 18.8. The number of nitriles is 1. The summed E-state index contributed by atoms with van der Waals surface area (Å²) < 4.78 is 89.4. The number of aromatic nitrogens is 4. The fourth-order valence-electron chi connectivity index (χ4n) is 3.60. The Morgan fingerprint density at radius 3 is 1.86 bits per heavy atom. The molecule has 0 unspecified atom stereocenters. The number of anilines is 4. The van der Waals surface area contributed by atoms with Gasteiger partial charge in [0.25, 0.3) is 11.9 Å². The maximum atomic E-state index is 14.6. The van der Waals surface area contributed by atoms with Crippen LogP contribution in [0.4, 0.5) is 49.7 Å². The molecule has 0 amide bonds. The van der Waals surface area contributed by atoms with Crippen molar-refractivity contribution in [2.75, 3.05) is 23.8 Å². The number of ether oxygens (including phenoxy) is 1. The first-order chi connectivity index (χ1) is 17.1. The highest BCUT2D eigenvalue weighted by Crippen LogP contribution is 2.35. The molecule has 4 rings (SSSR count). The number of halogens is 6. The fraction of sp³-hybridized carbons (Fsp3) is 0.318. The van der Waals surface area contributed by atoms with Gasteiger partial charge in [0.2, 0.25) is 5.95 Å². The molecule has 0 radical (unpaired) electrons. The normalized spacial score (nSPS) is 14.9. The molecule has 0 bridgehead atoms. The molecule has 8 nitrogen and oxygen atoms in total. The predicted octanol–water partition coefficient (Wildman–Crippen LogP) is 4.78. The van der Waals surface area contributed by atoms with Crippen molar-refractivity contribution < 1.29 is 31.1 Å². The molecule has 1 saturated heterocycles. The quantitative estimate of drug-likeness (QED) is 0.374. The van der Waals surface area contributed by atoms with Gasteiger partial charge < -0.3 is 15.4 Å². The Labute approximate surface area is 200 Å². The number of hydrogen-bond acceptors (Lipinski definition) is 8. The summed E-state index contributed by atoms with van der Waals surface area (Å²) in [6.45, 7) is 2.45. The van der Waals surface area contributed by atoms with Crippen LogP contribution in [0, 0.1) is 60.3 Å². The van der Waals surface area contributed by atoms with Crippen molar-refractivity contribution in [1.29, 1.82) is 5.26 Å². The van der Waals surface area contributed by atoms with Crippen molar-refractivity contribution in [2.24, 2.45) is 0 Å². The lowest BCUT2D eigenvalue weighted by molar-refractivity contribution is 0.0664. The van der Waals surface area contributed by atoms with E-state index in [2.05, 4.69) is 36.6 Å². The van der Waals surface area contributed by atoms with Gasteiger partial charge in [-0.1, -0.05) is 0 Å². The Kier molecular flexibility index (Phi) is 6.68. The fourth-order valence-corrected chi connectivity index (χ4v) is 3.60. The van der Waals surface area contributed by atoms with Crippen LogP contribution in [0.5, 0.6) is 0 Å². The second kappa shape index (κ2) is 9.57. The SMILES string of the molecule is Cc1c(F)c(F)nc(Nc2cc(C3(C#N)CCOCC3)nc(Nc3nc(F)c(F)c(C)c3F)n2)c1F. The predicted molar refractivity (Wildman–Crippen MR) is 114 cm³/mol. The molecule has 1 fully saturated rings. The van der Waals surface area contributed by atoms with E-state index in [1.165, 1.54) is 6.07 Å².